The molecule has 1 saturated heterocycles. The van der Waals surface area contributed by atoms with Gasteiger partial charge in [0.1, 0.15) is 15.9 Å². The molecule has 3 atom stereocenters. The van der Waals surface area contributed by atoms with Gasteiger partial charge in [0.15, 0.2) is 0 Å². The van der Waals surface area contributed by atoms with Crippen molar-refractivity contribution in [2.75, 3.05) is 0 Å². The monoisotopic (exact) mass is 433 g/mol. The van der Waals surface area contributed by atoms with Crippen LogP contribution in [-0.2, 0) is 0 Å². The Labute approximate surface area is 193 Å². The molecule has 0 spiro atoms. The van der Waals surface area contributed by atoms with Crippen molar-refractivity contribution in [2.24, 2.45) is 0 Å². The van der Waals surface area contributed by atoms with Crippen molar-refractivity contribution in [3.63, 3.8) is 0 Å². The Balaban J connectivity index is 1.63. The van der Waals surface area contributed by atoms with Crippen LogP contribution < -0.4 is 15.9 Å². The summed E-state index contributed by atoms with van der Waals surface area (Å²) in [5.41, 5.74) is 1.83. The van der Waals surface area contributed by atoms with E-state index in [1.165, 1.54) is 21.5 Å². The van der Waals surface area contributed by atoms with Gasteiger partial charge in [-0.3, -0.25) is 0 Å². The fourth-order valence-electron chi connectivity index (χ4n) is 5.27. The van der Waals surface area contributed by atoms with Crippen LogP contribution in [0.2, 0.25) is 0 Å². The summed E-state index contributed by atoms with van der Waals surface area (Å²) in [5.74, 6) is 0. The lowest BCUT2D eigenvalue weighted by atomic mass is 9.67. The molecule has 1 aliphatic heterocycles. The largest absolute Gasteiger partial charge is 0.530 e. The summed E-state index contributed by atoms with van der Waals surface area (Å²) in [6.45, 7) is 4.74. The molecule has 0 bridgehead atoms. The van der Waals surface area contributed by atoms with Crippen molar-refractivity contribution < 1.29 is 0 Å². The van der Waals surface area contributed by atoms with E-state index >= 15 is 0 Å². The molecule has 2 radical (unpaired) electrons. The molecule has 0 unspecified atom stereocenters. The van der Waals surface area contributed by atoms with Crippen molar-refractivity contribution in [3.8, 4) is 0 Å². The van der Waals surface area contributed by atoms with Gasteiger partial charge < -0.3 is 4.81 Å². The zero-order valence-corrected chi connectivity index (χ0v) is 19.6. The Bertz CT molecular complexity index is 1040. The average molecular weight is 433 g/mol. The van der Waals surface area contributed by atoms with E-state index in [0.717, 1.165) is 0 Å². The Hall–Kier alpha value is -2.67. The van der Waals surface area contributed by atoms with Crippen LogP contribution >= 0.6 is 7.26 Å². The van der Waals surface area contributed by atoms with Crippen LogP contribution in [-0.4, -0.2) is 23.8 Å². The number of rotatable bonds is 6. The van der Waals surface area contributed by atoms with E-state index < -0.39 is 7.26 Å². The molecule has 0 aliphatic carbocycles. The molecular weight excluding hydrogens is 404 g/mol. The van der Waals surface area contributed by atoms with Crippen molar-refractivity contribution >= 4 is 30.6 Å². The summed E-state index contributed by atoms with van der Waals surface area (Å²) in [6, 6.07) is 45.3. The Morgan fingerprint density at radius 1 is 0.625 bits per heavy atom. The van der Waals surface area contributed by atoms with Crippen molar-refractivity contribution in [2.45, 2.75) is 31.5 Å². The number of benzene rings is 4. The maximum atomic E-state index is 2.56. The fourth-order valence-corrected chi connectivity index (χ4v) is 10.3. The van der Waals surface area contributed by atoms with E-state index in [0.29, 0.717) is 17.6 Å². The molecule has 0 saturated carbocycles. The Kier molecular flexibility index (Phi) is 6.00. The molecule has 1 aliphatic rings. The minimum absolute atomic E-state index is 0.367. The molecule has 0 amide bonds. The standard InChI is InChI=1S/C29H29BNP/c1-23(25-15-7-3-8-16-25)31-24(2)29(30-31)32(26-17-9-4-10-18-26,27-19-11-5-12-20-27)28-21-13-6-14-22-28/h3-24,29H,1-2H3/t23-,24-,29-/m0/s1. The summed E-state index contributed by atoms with van der Waals surface area (Å²) in [6.07, 6.45) is 0. The third-order valence-electron chi connectivity index (χ3n) is 6.96. The highest BCUT2D eigenvalue weighted by Crippen LogP contribution is 2.63. The lowest BCUT2D eigenvalue weighted by molar-refractivity contribution is 0.245. The second-order valence-corrected chi connectivity index (χ2v) is 12.2. The highest BCUT2D eigenvalue weighted by atomic mass is 31.2. The highest BCUT2D eigenvalue weighted by molar-refractivity contribution is 7.97. The van der Waals surface area contributed by atoms with Crippen molar-refractivity contribution in [1.82, 2.24) is 4.81 Å². The predicted octanol–water partition coefficient (Wildman–Crippen LogP) is 5.39. The van der Waals surface area contributed by atoms with Crippen LogP contribution in [0, 0.1) is 0 Å². The van der Waals surface area contributed by atoms with E-state index in [2.05, 4.69) is 147 Å². The molecule has 32 heavy (non-hydrogen) atoms. The molecule has 4 aromatic carbocycles. The summed E-state index contributed by atoms with van der Waals surface area (Å²) >= 11 is 0. The summed E-state index contributed by atoms with van der Waals surface area (Å²) < 4.78 is 0. The highest BCUT2D eigenvalue weighted by Gasteiger charge is 2.52. The lowest BCUT2D eigenvalue weighted by Gasteiger charge is -2.66. The summed E-state index contributed by atoms with van der Waals surface area (Å²) in [4.78, 5) is 2.56. The van der Waals surface area contributed by atoms with Crippen molar-refractivity contribution in [1.29, 1.82) is 0 Å². The molecule has 1 fully saturated rings. The zero-order valence-electron chi connectivity index (χ0n) is 18.8. The normalized spacial score (nSPS) is 19.8. The minimum Gasteiger partial charge on any atom is -0.530 e. The second kappa shape index (κ2) is 9.06. The van der Waals surface area contributed by atoms with Gasteiger partial charge in [-0.2, -0.15) is 7.41 Å². The van der Waals surface area contributed by atoms with E-state index in [4.69, 9.17) is 0 Å². The molecule has 1 nitrogen and oxygen atoms in total. The molecule has 3 heteroatoms. The van der Waals surface area contributed by atoms with Crippen molar-refractivity contribution in [3.05, 3.63) is 127 Å². The quantitative estimate of drug-likeness (QED) is 0.291. The van der Waals surface area contributed by atoms with Gasteiger partial charge in [0, 0.05) is 0 Å². The van der Waals surface area contributed by atoms with Gasteiger partial charge in [0.05, 0.1) is 7.26 Å². The first-order valence-electron chi connectivity index (χ1n) is 11.5. The zero-order chi connectivity index (χ0) is 22.0. The topological polar surface area (TPSA) is 3.24 Å². The van der Waals surface area contributed by atoms with E-state index in [-0.39, 0.29) is 0 Å². The van der Waals surface area contributed by atoms with Crippen LogP contribution in [0.4, 0.5) is 0 Å². The van der Waals surface area contributed by atoms with Gasteiger partial charge in [-0.15, -0.1) is 0 Å². The van der Waals surface area contributed by atoms with Gasteiger partial charge in [-0.25, -0.2) is 0 Å². The lowest BCUT2D eigenvalue weighted by Crippen LogP contribution is -2.65. The number of nitrogens with zero attached hydrogens (tertiary/aromatic N) is 1. The van der Waals surface area contributed by atoms with Crippen LogP contribution in [0.3, 0.4) is 0 Å². The Morgan fingerprint density at radius 3 is 1.38 bits per heavy atom. The molecule has 5 rings (SSSR count). The first kappa shape index (κ1) is 21.2. The first-order valence-corrected chi connectivity index (χ1v) is 13.3. The second-order valence-electron chi connectivity index (χ2n) is 8.64. The van der Waals surface area contributed by atoms with Crippen LogP contribution in [0.15, 0.2) is 121 Å². The predicted molar refractivity (Wildman–Crippen MR) is 141 cm³/mol. The van der Waals surface area contributed by atoms with E-state index in [9.17, 15) is 0 Å². The molecule has 0 aromatic heterocycles. The van der Waals surface area contributed by atoms with Gasteiger partial charge in [-0.05, 0) is 61.0 Å². The first-order chi connectivity index (χ1) is 15.7. The number of hydrogen-bond donors (Lipinski definition) is 0. The third-order valence-corrected chi connectivity index (χ3v) is 11.8. The Morgan fingerprint density at radius 2 is 1.00 bits per heavy atom. The molecule has 0 N–H and O–H groups in total. The maximum absolute atomic E-state index is 2.56. The van der Waals surface area contributed by atoms with Crippen LogP contribution in [0.5, 0.6) is 0 Å². The maximum Gasteiger partial charge on any atom is 0.101 e. The summed E-state index contributed by atoms with van der Waals surface area (Å²) in [5, 5.41) is 4.37. The van der Waals surface area contributed by atoms with E-state index in [1.54, 1.807) is 0 Å². The van der Waals surface area contributed by atoms with Gasteiger partial charge in [0.25, 0.3) is 0 Å². The molecule has 4 aromatic rings. The smallest absolute Gasteiger partial charge is 0.101 e. The van der Waals surface area contributed by atoms with E-state index in [1.807, 2.05) is 0 Å². The van der Waals surface area contributed by atoms with Crippen LogP contribution in [0.25, 0.3) is 0 Å². The fraction of sp³-hybridized carbons (Fsp3) is 0.172. The van der Waals surface area contributed by atoms with Gasteiger partial charge >= 0.3 is 0 Å². The third kappa shape index (κ3) is 3.53. The molecule has 1 heterocycles. The SMILES string of the molecule is C[C@@H](c1ccccc1)N1[B-][C@@H]([P+](c2ccccc2)(c2ccccc2)c2ccccc2)[C@@H]1C. The molecule has 158 valence electrons. The average Bonchev–Trinajstić information content (AvgIpc) is 2.88. The molecular formula is C29H29BNP. The number of hydrogen-bond acceptors (Lipinski definition) is 1. The van der Waals surface area contributed by atoms with Gasteiger partial charge in [0.2, 0.25) is 0 Å². The van der Waals surface area contributed by atoms with Crippen LogP contribution in [0.1, 0.15) is 25.5 Å². The van der Waals surface area contributed by atoms with Gasteiger partial charge in [-0.1, -0.05) is 97.4 Å². The minimum atomic E-state index is -1.88. The summed E-state index contributed by atoms with van der Waals surface area (Å²) in [7, 11) is 0.651.